The predicted molar refractivity (Wildman–Crippen MR) is 52.7 cm³/mol. The van der Waals surface area contributed by atoms with Crippen molar-refractivity contribution in [3.8, 4) is 11.8 Å². The number of halogens is 1. The number of aliphatic hydroxyl groups is 1. The second-order valence-corrected chi connectivity index (χ2v) is 3.20. The van der Waals surface area contributed by atoms with E-state index < -0.39 is 0 Å². The summed E-state index contributed by atoms with van der Waals surface area (Å²) in [6.45, 7) is 0.129. The Hall–Kier alpha value is -0.780. The molecule has 0 aliphatic rings. The Morgan fingerprint density at radius 3 is 2.50 bits per heavy atom. The Morgan fingerprint density at radius 1 is 1.25 bits per heavy atom. The number of rotatable bonds is 1. The SMILES string of the molecule is OCCC#Cc1ccc(Br)cc1. The Balaban J connectivity index is 2.66. The van der Waals surface area contributed by atoms with Crippen molar-refractivity contribution in [2.24, 2.45) is 0 Å². The van der Waals surface area contributed by atoms with Crippen LogP contribution in [0.1, 0.15) is 12.0 Å². The maximum Gasteiger partial charge on any atom is 0.0540 e. The summed E-state index contributed by atoms with van der Waals surface area (Å²) in [5.74, 6) is 5.80. The molecular weight excluding hydrogens is 216 g/mol. The van der Waals surface area contributed by atoms with Crippen LogP contribution in [0.3, 0.4) is 0 Å². The van der Waals surface area contributed by atoms with Crippen molar-refractivity contribution in [1.29, 1.82) is 0 Å². The topological polar surface area (TPSA) is 20.2 Å². The van der Waals surface area contributed by atoms with Crippen molar-refractivity contribution < 1.29 is 5.11 Å². The van der Waals surface area contributed by atoms with Crippen LogP contribution in [-0.4, -0.2) is 11.7 Å². The van der Waals surface area contributed by atoms with Crippen LogP contribution in [0.5, 0.6) is 0 Å². The van der Waals surface area contributed by atoms with E-state index in [1.54, 1.807) is 0 Å². The van der Waals surface area contributed by atoms with Gasteiger partial charge in [0.1, 0.15) is 0 Å². The van der Waals surface area contributed by atoms with Crippen molar-refractivity contribution >= 4 is 15.9 Å². The van der Waals surface area contributed by atoms with E-state index in [1.165, 1.54) is 0 Å². The van der Waals surface area contributed by atoms with Crippen molar-refractivity contribution in [1.82, 2.24) is 0 Å². The van der Waals surface area contributed by atoms with E-state index in [4.69, 9.17) is 5.11 Å². The average Bonchev–Trinajstić information content (AvgIpc) is 2.09. The summed E-state index contributed by atoms with van der Waals surface area (Å²) < 4.78 is 1.05. The molecule has 0 radical (unpaired) electrons. The molecule has 1 nitrogen and oxygen atoms in total. The molecule has 12 heavy (non-hydrogen) atoms. The van der Waals surface area contributed by atoms with E-state index in [0.29, 0.717) is 6.42 Å². The molecule has 0 saturated heterocycles. The highest BCUT2D eigenvalue weighted by Crippen LogP contribution is 2.09. The van der Waals surface area contributed by atoms with Crippen LogP contribution in [0.15, 0.2) is 28.7 Å². The number of aliphatic hydroxyl groups excluding tert-OH is 1. The average molecular weight is 225 g/mol. The third-order valence-electron chi connectivity index (χ3n) is 1.31. The zero-order valence-electron chi connectivity index (χ0n) is 6.55. The van der Waals surface area contributed by atoms with Gasteiger partial charge in [0.2, 0.25) is 0 Å². The van der Waals surface area contributed by atoms with E-state index in [1.807, 2.05) is 24.3 Å². The van der Waals surface area contributed by atoms with Gasteiger partial charge >= 0.3 is 0 Å². The monoisotopic (exact) mass is 224 g/mol. The molecule has 0 fully saturated rings. The highest BCUT2D eigenvalue weighted by molar-refractivity contribution is 9.10. The summed E-state index contributed by atoms with van der Waals surface area (Å²) in [5.41, 5.74) is 0.978. The molecule has 2 heteroatoms. The van der Waals surface area contributed by atoms with E-state index >= 15 is 0 Å². The molecule has 0 aliphatic heterocycles. The Kier molecular flexibility index (Phi) is 3.86. The minimum atomic E-state index is 0.129. The van der Waals surface area contributed by atoms with Gasteiger partial charge in [-0.05, 0) is 24.3 Å². The molecule has 0 spiro atoms. The fraction of sp³-hybridized carbons (Fsp3) is 0.200. The Morgan fingerprint density at radius 2 is 1.92 bits per heavy atom. The summed E-state index contributed by atoms with van der Waals surface area (Å²) >= 11 is 3.34. The number of benzene rings is 1. The first-order valence-corrected chi connectivity index (χ1v) is 4.47. The molecular formula is C10H9BrO. The summed E-state index contributed by atoms with van der Waals surface area (Å²) in [6.07, 6.45) is 0.538. The lowest BCUT2D eigenvalue weighted by molar-refractivity contribution is 0.305. The van der Waals surface area contributed by atoms with Gasteiger partial charge in [0.15, 0.2) is 0 Å². The minimum absolute atomic E-state index is 0.129. The van der Waals surface area contributed by atoms with E-state index in [0.717, 1.165) is 10.0 Å². The zero-order valence-corrected chi connectivity index (χ0v) is 8.13. The number of hydrogen-bond donors (Lipinski definition) is 1. The minimum Gasteiger partial charge on any atom is -0.395 e. The summed E-state index contributed by atoms with van der Waals surface area (Å²) in [6, 6.07) is 7.77. The maximum atomic E-state index is 8.48. The first kappa shape index (κ1) is 9.31. The van der Waals surface area contributed by atoms with Crippen LogP contribution in [-0.2, 0) is 0 Å². The molecule has 62 valence electrons. The van der Waals surface area contributed by atoms with E-state index in [2.05, 4.69) is 27.8 Å². The van der Waals surface area contributed by atoms with E-state index in [9.17, 15) is 0 Å². The van der Waals surface area contributed by atoms with Crippen LogP contribution >= 0.6 is 15.9 Å². The molecule has 1 rings (SSSR count). The Bertz CT molecular complexity index is 292. The highest BCUT2D eigenvalue weighted by atomic mass is 79.9. The lowest BCUT2D eigenvalue weighted by atomic mass is 10.2. The standard InChI is InChI=1S/C10H9BrO/c11-10-6-4-9(5-7-10)3-1-2-8-12/h4-7,12H,2,8H2. The quantitative estimate of drug-likeness (QED) is 0.726. The molecule has 0 unspecified atom stereocenters. The van der Waals surface area contributed by atoms with Gasteiger partial charge in [-0.15, -0.1) is 0 Å². The first-order chi connectivity index (χ1) is 5.83. The third-order valence-corrected chi connectivity index (χ3v) is 1.84. The molecule has 0 atom stereocenters. The van der Waals surface area contributed by atoms with Gasteiger partial charge in [-0.3, -0.25) is 0 Å². The van der Waals surface area contributed by atoms with Crippen LogP contribution in [0.4, 0.5) is 0 Å². The van der Waals surface area contributed by atoms with Gasteiger partial charge in [0.25, 0.3) is 0 Å². The zero-order chi connectivity index (χ0) is 8.81. The van der Waals surface area contributed by atoms with E-state index in [-0.39, 0.29) is 6.61 Å². The van der Waals surface area contributed by atoms with Gasteiger partial charge in [-0.2, -0.15) is 0 Å². The van der Waals surface area contributed by atoms with Crippen molar-refractivity contribution in [2.75, 3.05) is 6.61 Å². The predicted octanol–water partition coefficient (Wildman–Crippen LogP) is 2.18. The second kappa shape index (κ2) is 4.97. The normalized spacial score (nSPS) is 8.83. The fourth-order valence-electron chi connectivity index (χ4n) is 0.754. The lowest BCUT2D eigenvalue weighted by Crippen LogP contribution is -1.77. The van der Waals surface area contributed by atoms with Crippen LogP contribution in [0, 0.1) is 11.8 Å². The van der Waals surface area contributed by atoms with Crippen molar-refractivity contribution in [2.45, 2.75) is 6.42 Å². The third kappa shape index (κ3) is 3.08. The van der Waals surface area contributed by atoms with Gasteiger partial charge in [-0.1, -0.05) is 27.8 Å². The molecule has 1 N–H and O–H groups in total. The molecule has 0 amide bonds. The van der Waals surface area contributed by atoms with Crippen molar-refractivity contribution in [3.63, 3.8) is 0 Å². The van der Waals surface area contributed by atoms with Gasteiger partial charge in [0.05, 0.1) is 6.61 Å². The molecule has 1 aromatic carbocycles. The van der Waals surface area contributed by atoms with Gasteiger partial charge in [0, 0.05) is 16.5 Å². The Labute approximate surface area is 80.6 Å². The molecule has 0 saturated carbocycles. The smallest absolute Gasteiger partial charge is 0.0540 e. The van der Waals surface area contributed by atoms with Crippen molar-refractivity contribution in [3.05, 3.63) is 34.3 Å². The summed E-state index contributed by atoms with van der Waals surface area (Å²) in [4.78, 5) is 0. The summed E-state index contributed by atoms with van der Waals surface area (Å²) in [5, 5.41) is 8.48. The second-order valence-electron chi connectivity index (χ2n) is 2.28. The maximum absolute atomic E-state index is 8.48. The lowest BCUT2D eigenvalue weighted by Gasteiger charge is -1.89. The highest BCUT2D eigenvalue weighted by Gasteiger charge is 1.85. The van der Waals surface area contributed by atoms with Gasteiger partial charge in [-0.25, -0.2) is 0 Å². The summed E-state index contributed by atoms with van der Waals surface area (Å²) in [7, 11) is 0. The molecule has 0 aliphatic carbocycles. The van der Waals surface area contributed by atoms with Crippen LogP contribution in [0.25, 0.3) is 0 Å². The number of hydrogen-bond acceptors (Lipinski definition) is 1. The first-order valence-electron chi connectivity index (χ1n) is 3.68. The van der Waals surface area contributed by atoms with Crippen LogP contribution in [0.2, 0.25) is 0 Å². The molecule has 1 aromatic rings. The van der Waals surface area contributed by atoms with Gasteiger partial charge < -0.3 is 5.11 Å². The fourth-order valence-corrected chi connectivity index (χ4v) is 1.02. The molecule has 0 aromatic heterocycles. The largest absolute Gasteiger partial charge is 0.395 e. The molecule has 0 bridgehead atoms. The van der Waals surface area contributed by atoms with Crippen LogP contribution < -0.4 is 0 Å². The molecule has 0 heterocycles.